The number of halogens is 3. The van der Waals surface area contributed by atoms with Crippen LogP contribution in [-0.4, -0.2) is 43.0 Å². The van der Waals surface area contributed by atoms with Gasteiger partial charge in [-0.25, -0.2) is 0 Å². The molecule has 0 bridgehead atoms. The van der Waals surface area contributed by atoms with Gasteiger partial charge in [0.2, 0.25) is 0 Å². The summed E-state index contributed by atoms with van der Waals surface area (Å²) in [7, 11) is 1.79. The molecule has 24 heavy (non-hydrogen) atoms. The standard InChI is InChI=1S/C17H22F3N3O/c1-10(2)23-9-14-13(16(23)24)6-12(7-15(14)17(18,19)20)22(3)11-4-5-21-8-11/h6-7,10-11,21H,4-5,8-9H2,1-3H3. The van der Waals surface area contributed by atoms with E-state index in [1.54, 1.807) is 13.1 Å². The molecule has 1 saturated heterocycles. The van der Waals surface area contributed by atoms with Crippen molar-refractivity contribution in [2.75, 3.05) is 25.0 Å². The fraction of sp³-hybridized carbons (Fsp3) is 0.588. The summed E-state index contributed by atoms with van der Waals surface area (Å²) in [4.78, 5) is 15.9. The van der Waals surface area contributed by atoms with Crippen molar-refractivity contribution in [2.45, 2.75) is 45.1 Å². The van der Waals surface area contributed by atoms with E-state index in [4.69, 9.17) is 0 Å². The van der Waals surface area contributed by atoms with Crippen molar-refractivity contribution >= 4 is 11.6 Å². The molecular formula is C17H22F3N3O. The molecule has 2 aliphatic rings. The third-order valence-corrected chi connectivity index (χ3v) is 4.97. The maximum atomic E-state index is 13.6. The van der Waals surface area contributed by atoms with Crippen LogP contribution < -0.4 is 10.2 Å². The zero-order valence-electron chi connectivity index (χ0n) is 14.1. The number of nitrogens with zero attached hydrogens (tertiary/aromatic N) is 2. The lowest BCUT2D eigenvalue weighted by Gasteiger charge is -2.27. The molecule has 2 aliphatic heterocycles. The van der Waals surface area contributed by atoms with Gasteiger partial charge in [0.15, 0.2) is 0 Å². The van der Waals surface area contributed by atoms with Gasteiger partial charge in [0.05, 0.1) is 5.56 Å². The van der Waals surface area contributed by atoms with Crippen LogP contribution in [0.25, 0.3) is 0 Å². The molecule has 0 radical (unpaired) electrons. The smallest absolute Gasteiger partial charge is 0.370 e. The quantitative estimate of drug-likeness (QED) is 0.918. The largest absolute Gasteiger partial charge is 0.416 e. The number of carbonyl (C=O) groups excluding carboxylic acids is 1. The molecule has 1 atom stereocenters. The number of benzene rings is 1. The lowest BCUT2D eigenvalue weighted by atomic mass is 10.0. The van der Waals surface area contributed by atoms with Gasteiger partial charge in [0.25, 0.3) is 5.91 Å². The van der Waals surface area contributed by atoms with Gasteiger partial charge in [-0.05, 0) is 44.5 Å². The van der Waals surface area contributed by atoms with Crippen molar-refractivity contribution < 1.29 is 18.0 Å². The topological polar surface area (TPSA) is 35.6 Å². The fourth-order valence-electron chi connectivity index (χ4n) is 3.47. The van der Waals surface area contributed by atoms with E-state index in [1.165, 1.54) is 11.0 Å². The Morgan fingerprint density at radius 3 is 2.58 bits per heavy atom. The molecule has 1 fully saturated rings. The Morgan fingerprint density at radius 1 is 1.33 bits per heavy atom. The maximum absolute atomic E-state index is 13.6. The third-order valence-electron chi connectivity index (χ3n) is 4.97. The third kappa shape index (κ3) is 2.85. The van der Waals surface area contributed by atoms with E-state index in [9.17, 15) is 18.0 Å². The molecule has 1 unspecified atom stereocenters. The molecule has 7 heteroatoms. The van der Waals surface area contributed by atoms with E-state index >= 15 is 0 Å². The highest BCUT2D eigenvalue weighted by molar-refractivity contribution is 6.00. The minimum atomic E-state index is -4.47. The summed E-state index contributed by atoms with van der Waals surface area (Å²) >= 11 is 0. The van der Waals surface area contributed by atoms with Crippen molar-refractivity contribution in [3.05, 3.63) is 28.8 Å². The lowest BCUT2D eigenvalue weighted by molar-refractivity contribution is -0.138. The monoisotopic (exact) mass is 341 g/mol. The van der Waals surface area contributed by atoms with Crippen LogP contribution in [0, 0.1) is 0 Å². The Morgan fingerprint density at radius 2 is 2.04 bits per heavy atom. The summed E-state index contributed by atoms with van der Waals surface area (Å²) in [6, 6.07) is 2.81. The molecule has 2 heterocycles. The van der Waals surface area contributed by atoms with Gasteiger partial charge in [-0.2, -0.15) is 13.2 Å². The van der Waals surface area contributed by atoms with Crippen LogP contribution in [0.2, 0.25) is 0 Å². The first kappa shape index (κ1) is 17.1. The van der Waals surface area contributed by atoms with Gasteiger partial charge in [-0.1, -0.05) is 0 Å². The Bertz CT molecular complexity index is 651. The molecule has 0 spiro atoms. The van der Waals surface area contributed by atoms with Crippen LogP contribution in [-0.2, 0) is 12.7 Å². The van der Waals surface area contributed by atoms with Gasteiger partial charge in [0.1, 0.15) is 0 Å². The fourth-order valence-corrected chi connectivity index (χ4v) is 3.47. The van der Waals surface area contributed by atoms with E-state index < -0.39 is 11.7 Å². The molecular weight excluding hydrogens is 319 g/mol. The van der Waals surface area contributed by atoms with E-state index in [0.717, 1.165) is 19.5 Å². The SMILES string of the molecule is CC(C)N1Cc2c(cc(N(C)C3CCNC3)cc2C(F)(F)F)C1=O. The number of carbonyl (C=O) groups is 1. The number of likely N-dealkylation sites (N-methyl/N-ethyl adjacent to an activating group) is 1. The number of alkyl halides is 3. The number of nitrogens with one attached hydrogen (secondary N) is 1. The molecule has 4 nitrogen and oxygen atoms in total. The second-order valence-electron chi connectivity index (χ2n) is 6.80. The number of hydrogen-bond donors (Lipinski definition) is 1. The highest BCUT2D eigenvalue weighted by Crippen LogP contribution is 2.40. The number of fused-ring (bicyclic) bond motifs is 1. The van der Waals surface area contributed by atoms with E-state index in [0.29, 0.717) is 5.69 Å². The van der Waals surface area contributed by atoms with E-state index in [1.807, 2.05) is 18.7 Å². The van der Waals surface area contributed by atoms with Crippen LogP contribution in [0.1, 0.15) is 41.8 Å². The Balaban J connectivity index is 2.07. The normalized spacial score (nSPS) is 20.9. The molecule has 1 N–H and O–H groups in total. The number of amides is 1. The number of rotatable bonds is 3. The molecule has 1 aromatic rings. The van der Waals surface area contributed by atoms with Gasteiger partial charge in [-0.3, -0.25) is 4.79 Å². The summed E-state index contributed by atoms with van der Waals surface area (Å²) in [6.45, 7) is 5.24. The summed E-state index contributed by atoms with van der Waals surface area (Å²) in [5.74, 6) is -0.315. The van der Waals surface area contributed by atoms with E-state index in [2.05, 4.69) is 5.32 Å². The van der Waals surface area contributed by atoms with Crippen LogP contribution in [0.15, 0.2) is 12.1 Å². The molecule has 1 aromatic carbocycles. The molecule has 0 aliphatic carbocycles. The molecule has 3 rings (SSSR count). The maximum Gasteiger partial charge on any atom is 0.416 e. The zero-order valence-corrected chi connectivity index (χ0v) is 14.1. The van der Waals surface area contributed by atoms with Gasteiger partial charge < -0.3 is 15.1 Å². The van der Waals surface area contributed by atoms with Crippen molar-refractivity contribution in [3.63, 3.8) is 0 Å². The summed E-state index contributed by atoms with van der Waals surface area (Å²) in [5.41, 5.74) is 0.0484. The molecule has 0 saturated carbocycles. The minimum absolute atomic E-state index is 0.0235. The second-order valence-corrected chi connectivity index (χ2v) is 6.80. The first-order chi connectivity index (χ1) is 11.2. The lowest BCUT2D eigenvalue weighted by Crippen LogP contribution is -2.33. The Kier molecular flexibility index (Phi) is 4.23. The summed E-state index contributed by atoms with van der Waals surface area (Å²) < 4.78 is 40.7. The van der Waals surface area contributed by atoms with Gasteiger partial charge in [0, 0.05) is 43.5 Å². The Hall–Kier alpha value is -1.76. The van der Waals surface area contributed by atoms with Crippen molar-refractivity contribution in [1.82, 2.24) is 10.2 Å². The first-order valence-corrected chi connectivity index (χ1v) is 8.18. The van der Waals surface area contributed by atoms with Crippen LogP contribution in [0.3, 0.4) is 0 Å². The average molecular weight is 341 g/mol. The average Bonchev–Trinajstić information content (AvgIpc) is 3.13. The highest BCUT2D eigenvalue weighted by Gasteiger charge is 2.41. The second kappa shape index (κ2) is 5.95. The van der Waals surface area contributed by atoms with Gasteiger partial charge in [-0.15, -0.1) is 0 Å². The molecule has 132 valence electrons. The van der Waals surface area contributed by atoms with Crippen LogP contribution >= 0.6 is 0 Å². The predicted molar refractivity (Wildman–Crippen MR) is 86.1 cm³/mol. The van der Waals surface area contributed by atoms with Gasteiger partial charge >= 0.3 is 6.18 Å². The number of anilines is 1. The minimum Gasteiger partial charge on any atom is -0.370 e. The summed E-state index contributed by atoms with van der Waals surface area (Å²) in [6.07, 6.45) is -3.59. The predicted octanol–water partition coefficient (Wildman–Crippen LogP) is 2.87. The van der Waals surface area contributed by atoms with Crippen LogP contribution in [0.5, 0.6) is 0 Å². The summed E-state index contributed by atoms with van der Waals surface area (Å²) in [5, 5.41) is 3.21. The van der Waals surface area contributed by atoms with Crippen LogP contribution in [0.4, 0.5) is 18.9 Å². The zero-order chi connectivity index (χ0) is 17.6. The Labute approximate surface area is 139 Å². The van der Waals surface area contributed by atoms with Crippen molar-refractivity contribution in [1.29, 1.82) is 0 Å². The number of hydrogen-bond acceptors (Lipinski definition) is 3. The first-order valence-electron chi connectivity index (χ1n) is 8.18. The van der Waals surface area contributed by atoms with Crippen molar-refractivity contribution in [2.24, 2.45) is 0 Å². The highest BCUT2D eigenvalue weighted by atomic mass is 19.4. The molecule has 0 aromatic heterocycles. The molecule has 1 amide bonds. The van der Waals surface area contributed by atoms with E-state index in [-0.39, 0.29) is 35.7 Å². The van der Waals surface area contributed by atoms with Crippen molar-refractivity contribution in [3.8, 4) is 0 Å².